The van der Waals surface area contributed by atoms with Gasteiger partial charge >= 0.3 is 0 Å². The summed E-state index contributed by atoms with van der Waals surface area (Å²) in [7, 11) is 0. The standard InChI is InChI=1S/C16H26N2/c1-11-5-13(3)16(6-12(11)2)10-18-9-15(8-17)7-14(18)4/h5-6,14-15H,7-10,17H2,1-4H3. The van der Waals surface area contributed by atoms with Crippen LogP contribution in [0.2, 0.25) is 0 Å². The Morgan fingerprint density at radius 2 is 1.83 bits per heavy atom. The smallest absolute Gasteiger partial charge is 0.0239 e. The first-order valence-corrected chi connectivity index (χ1v) is 7.02. The highest BCUT2D eigenvalue weighted by Crippen LogP contribution is 2.26. The maximum atomic E-state index is 5.80. The molecular weight excluding hydrogens is 220 g/mol. The summed E-state index contributed by atoms with van der Waals surface area (Å²) in [5.74, 6) is 0.687. The maximum Gasteiger partial charge on any atom is 0.0239 e. The van der Waals surface area contributed by atoms with Gasteiger partial charge < -0.3 is 5.73 Å². The van der Waals surface area contributed by atoms with Crippen molar-refractivity contribution in [2.75, 3.05) is 13.1 Å². The fourth-order valence-corrected chi connectivity index (χ4v) is 3.02. The van der Waals surface area contributed by atoms with Gasteiger partial charge in [-0.1, -0.05) is 12.1 Å². The van der Waals surface area contributed by atoms with Gasteiger partial charge in [-0.3, -0.25) is 4.90 Å². The number of benzene rings is 1. The van der Waals surface area contributed by atoms with Crippen molar-refractivity contribution < 1.29 is 0 Å². The van der Waals surface area contributed by atoms with Gasteiger partial charge in [0.25, 0.3) is 0 Å². The highest BCUT2D eigenvalue weighted by atomic mass is 15.2. The Bertz CT molecular complexity index is 425. The van der Waals surface area contributed by atoms with Crippen LogP contribution >= 0.6 is 0 Å². The van der Waals surface area contributed by atoms with Crippen LogP contribution in [0, 0.1) is 26.7 Å². The van der Waals surface area contributed by atoms with Gasteiger partial charge in [0.1, 0.15) is 0 Å². The molecule has 2 atom stereocenters. The van der Waals surface area contributed by atoms with Crippen LogP contribution in [0.25, 0.3) is 0 Å². The van der Waals surface area contributed by atoms with E-state index in [-0.39, 0.29) is 0 Å². The summed E-state index contributed by atoms with van der Waals surface area (Å²) < 4.78 is 0. The second-order valence-electron chi connectivity index (χ2n) is 5.98. The number of nitrogens with zero attached hydrogens (tertiary/aromatic N) is 1. The SMILES string of the molecule is Cc1cc(C)c(CN2CC(CN)CC2C)cc1C. The van der Waals surface area contributed by atoms with Crippen LogP contribution in [0.1, 0.15) is 35.6 Å². The summed E-state index contributed by atoms with van der Waals surface area (Å²) >= 11 is 0. The number of hydrogen-bond acceptors (Lipinski definition) is 2. The van der Waals surface area contributed by atoms with Gasteiger partial charge in [0.15, 0.2) is 0 Å². The number of hydrogen-bond donors (Lipinski definition) is 1. The molecule has 1 aromatic rings. The molecule has 2 rings (SSSR count). The second-order valence-corrected chi connectivity index (χ2v) is 5.98. The van der Waals surface area contributed by atoms with Gasteiger partial charge in [-0.2, -0.15) is 0 Å². The molecule has 0 radical (unpaired) electrons. The zero-order valence-corrected chi connectivity index (χ0v) is 12.2. The van der Waals surface area contributed by atoms with Gasteiger partial charge in [0.05, 0.1) is 0 Å². The first kappa shape index (κ1) is 13.6. The van der Waals surface area contributed by atoms with Crippen LogP contribution in [0.4, 0.5) is 0 Å². The van der Waals surface area contributed by atoms with E-state index in [9.17, 15) is 0 Å². The van der Waals surface area contributed by atoms with E-state index in [1.165, 1.54) is 28.7 Å². The van der Waals surface area contributed by atoms with Crippen molar-refractivity contribution in [1.82, 2.24) is 4.90 Å². The molecule has 0 bridgehead atoms. The zero-order chi connectivity index (χ0) is 13.3. The monoisotopic (exact) mass is 246 g/mol. The molecule has 2 nitrogen and oxygen atoms in total. The van der Waals surface area contributed by atoms with Crippen molar-refractivity contribution in [1.29, 1.82) is 0 Å². The van der Waals surface area contributed by atoms with E-state index < -0.39 is 0 Å². The maximum absolute atomic E-state index is 5.80. The average Bonchev–Trinajstić information content (AvgIpc) is 2.67. The van der Waals surface area contributed by atoms with Crippen LogP contribution in [0.15, 0.2) is 12.1 Å². The van der Waals surface area contributed by atoms with Crippen LogP contribution in [0.5, 0.6) is 0 Å². The van der Waals surface area contributed by atoms with Gasteiger partial charge in [-0.05, 0) is 68.8 Å². The van der Waals surface area contributed by atoms with Crippen molar-refractivity contribution in [3.05, 3.63) is 34.4 Å². The number of rotatable bonds is 3. The molecule has 0 spiro atoms. The second kappa shape index (κ2) is 5.41. The van der Waals surface area contributed by atoms with Crippen molar-refractivity contribution in [2.24, 2.45) is 11.7 Å². The van der Waals surface area contributed by atoms with Crippen molar-refractivity contribution in [2.45, 2.75) is 46.7 Å². The third kappa shape index (κ3) is 2.76. The lowest BCUT2D eigenvalue weighted by Gasteiger charge is -2.22. The van der Waals surface area contributed by atoms with Gasteiger partial charge in [0.2, 0.25) is 0 Å². The number of nitrogens with two attached hydrogens (primary N) is 1. The highest BCUT2D eigenvalue weighted by molar-refractivity contribution is 5.36. The third-order valence-corrected chi connectivity index (χ3v) is 4.45. The Kier molecular flexibility index (Phi) is 4.08. The lowest BCUT2D eigenvalue weighted by molar-refractivity contribution is 0.255. The van der Waals surface area contributed by atoms with Gasteiger partial charge in [-0.25, -0.2) is 0 Å². The number of likely N-dealkylation sites (tertiary alicyclic amines) is 1. The first-order valence-electron chi connectivity index (χ1n) is 7.02. The Morgan fingerprint density at radius 1 is 1.17 bits per heavy atom. The lowest BCUT2D eigenvalue weighted by atomic mass is 10.0. The molecule has 0 aromatic heterocycles. The molecule has 18 heavy (non-hydrogen) atoms. The van der Waals surface area contributed by atoms with Crippen molar-refractivity contribution >= 4 is 0 Å². The Balaban J connectivity index is 2.12. The summed E-state index contributed by atoms with van der Waals surface area (Å²) in [5.41, 5.74) is 11.5. The molecular formula is C16H26N2. The van der Waals surface area contributed by atoms with Crippen LogP contribution in [-0.2, 0) is 6.54 Å². The van der Waals surface area contributed by atoms with Crippen molar-refractivity contribution in [3.8, 4) is 0 Å². The molecule has 0 saturated carbocycles. The fraction of sp³-hybridized carbons (Fsp3) is 0.625. The molecule has 1 saturated heterocycles. The van der Waals surface area contributed by atoms with E-state index in [1.807, 2.05) is 0 Å². The minimum atomic E-state index is 0.666. The lowest BCUT2D eigenvalue weighted by Crippen LogP contribution is -2.27. The zero-order valence-electron chi connectivity index (χ0n) is 12.2. The van der Waals surface area contributed by atoms with Gasteiger partial charge in [-0.15, -0.1) is 0 Å². The molecule has 1 aliphatic rings. The minimum absolute atomic E-state index is 0.666. The molecule has 1 aromatic carbocycles. The molecule has 2 heteroatoms. The molecule has 0 aliphatic carbocycles. The van der Waals surface area contributed by atoms with Gasteiger partial charge in [0, 0.05) is 19.1 Å². The number of aryl methyl sites for hydroxylation is 3. The third-order valence-electron chi connectivity index (χ3n) is 4.45. The first-order chi connectivity index (χ1) is 8.51. The quantitative estimate of drug-likeness (QED) is 0.888. The summed E-state index contributed by atoms with van der Waals surface area (Å²) in [6.07, 6.45) is 1.25. The van der Waals surface area contributed by atoms with Crippen LogP contribution in [0.3, 0.4) is 0 Å². The molecule has 100 valence electrons. The predicted octanol–water partition coefficient (Wildman–Crippen LogP) is 2.78. The molecule has 1 fully saturated rings. The summed E-state index contributed by atoms with van der Waals surface area (Å²) in [4.78, 5) is 2.58. The minimum Gasteiger partial charge on any atom is -0.330 e. The molecule has 1 heterocycles. The Morgan fingerprint density at radius 3 is 2.44 bits per heavy atom. The van der Waals surface area contributed by atoms with E-state index in [4.69, 9.17) is 5.73 Å². The van der Waals surface area contributed by atoms with Crippen LogP contribution in [-0.4, -0.2) is 24.0 Å². The molecule has 1 aliphatic heterocycles. The molecule has 2 N–H and O–H groups in total. The Labute approximate surface area is 111 Å². The van der Waals surface area contributed by atoms with Crippen LogP contribution < -0.4 is 5.73 Å². The fourth-order valence-electron chi connectivity index (χ4n) is 3.02. The highest BCUT2D eigenvalue weighted by Gasteiger charge is 2.28. The predicted molar refractivity (Wildman–Crippen MR) is 77.7 cm³/mol. The normalized spacial score (nSPS) is 24.7. The van der Waals surface area contributed by atoms with E-state index in [1.54, 1.807) is 0 Å². The van der Waals surface area contributed by atoms with E-state index >= 15 is 0 Å². The van der Waals surface area contributed by atoms with Crippen molar-refractivity contribution in [3.63, 3.8) is 0 Å². The Hall–Kier alpha value is -0.860. The summed E-state index contributed by atoms with van der Waals surface area (Å²) in [6, 6.07) is 5.33. The van der Waals surface area contributed by atoms with E-state index in [0.717, 1.165) is 19.6 Å². The molecule has 0 amide bonds. The topological polar surface area (TPSA) is 29.3 Å². The van der Waals surface area contributed by atoms with E-state index in [2.05, 4.69) is 44.7 Å². The van der Waals surface area contributed by atoms with E-state index in [0.29, 0.717) is 12.0 Å². The molecule has 2 unspecified atom stereocenters. The summed E-state index contributed by atoms with van der Waals surface area (Å²) in [5, 5.41) is 0. The average molecular weight is 246 g/mol. The summed E-state index contributed by atoms with van der Waals surface area (Å²) in [6.45, 7) is 12.0. The largest absolute Gasteiger partial charge is 0.330 e.